The molecule has 1 rings (SSSR count). The van der Waals surface area contributed by atoms with Crippen molar-refractivity contribution >= 4 is 6.08 Å². The van der Waals surface area contributed by atoms with E-state index in [1.165, 1.54) is 51.4 Å². The van der Waals surface area contributed by atoms with Gasteiger partial charge in [0.05, 0.1) is 0 Å². The van der Waals surface area contributed by atoms with E-state index in [4.69, 9.17) is 0 Å². The summed E-state index contributed by atoms with van der Waals surface area (Å²) in [6.45, 7) is 2.26. The van der Waals surface area contributed by atoms with Crippen molar-refractivity contribution in [2.24, 2.45) is 0 Å². The van der Waals surface area contributed by atoms with Gasteiger partial charge in [0.2, 0.25) is 0 Å². The highest BCUT2D eigenvalue weighted by atomic mass is 16.3. The number of hydrogen-bond acceptors (Lipinski definition) is 1. The van der Waals surface area contributed by atoms with Crippen LogP contribution in [0.3, 0.4) is 0 Å². The SMILES string of the molecule is CCCCCCCCCC/C=C/c1cccc(O)c1. The second kappa shape index (κ2) is 10.7. The molecule has 1 aromatic carbocycles. The number of phenols is 1. The van der Waals surface area contributed by atoms with Gasteiger partial charge in [0.1, 0.15) is 5.75 Å². The summed E-state index contributed by atoms with van der Waals surface area (Å²) >= 11 is 0. The van der Waals surface area contributed by atoms with Gasteiger partial charge < -0.3 is 5.11 Å². The minimum Gasteiger partial charge on any atom is -0.508 e. The lowest BCUT2D eigenvalue weighted by molar-refractivity contribution is 0.475. The normalized spacial score (nSPS) is 11.2. The molecule has 0 bridgehead atoms. The number of benzene rings is 1. The first-order chi connectivity index (χ1) is 9.33. The third kappa shape index (κ3) is 8.47. The van der Waals surface area contributed by atoms with Crippen molar-refractivity contribution in [3.8, 4) is 5.75 Å². The topological polar surface area (TPSA) is 20.2 Å². The summed E-state index contributed by atoms with van der Waals surface area (Å²) in [4.78, 5) is 0. The van der Waals surface area contributed by atoms with Crippen molar-refractivity contribution in [1.29, 1.82) is 0 Å². The minimum atomic E-state index is 0.342. The molecule has 0 atom stereocenters. The molecule has 0 saturated carbocycles. The van der Waals surface area contributed by atoms with Gasteiger partial charge in [0, 0.05) is 0 Å². The highest BCUT2D eigenvalue weighted by molar-refractivity contribution is 5.51. The van der Waals surface area contributed by atoms with Crippen molar-refractivity contribution < 1.29 is 5.11 Å². The summed E-state index contributed by atoms with van der Waals surface area (Å²) in [6, 6.07) is 7.40. The minimum absolute atomic E-state index is 0.342. The third-order valence-corrected chi connectivity index (χ3v) is 3.40. The summed E-state index contributed by atoms with van der Waals surface area (Å²) in [6.07, 6.45) is 16.4. The zero-order valence-corrected chi connectivity index (χ0v) is 12.3. The number of rotatable bonds is 10. The summed E-state index contributed by atoms with van der Waals surface area (Å²) in [5.74, 6) is 0.342. The summed E-state index contributed by atoms with van der Waals surface area (Å²) < 4.78 is 0. The summed E-state index contributed by atoms with van der Waals surface area (Å²) in [7, 11) is 0. The number of unbranched alkanes of at least 4 members (excludes halogenated alkanes) is 8. The Bertz CT molecular complexity index is 354. The molecule has 19 heavy (non-hydrogen) atoms. The van der Waals surface area contributed by atoms with Crippen molar-refractivity contribution in [2.45, 2.75) is 64.7 Å². The van der Waals surface area contributed by atoms with Gasteiger partial charge in [-0.25, -0.2) is 0 Å². The van der Waals surface area contributed by atoms with Gasteiger partial charge in [0.15, 0.2) is 0 Å². The molecule has 1 aromatic rings. The number of hydrogen-bond donors (Lipinski definition) is 1. The third-order valence-electron chi connectivity index (χ3n) is 3.40. The van der Waals surface area contributed by atoms with Crippen LogP contribution in [0.15, 0.2) is 30.3 Å². The van der Waals surface area contributed by atoms with Gasteiger partial charge in [-0.2, -0.15) is 0 Å². The van der Waals surface area contributed by atoms with Crippen LogP contribution in [0.2, 0.25) is 0 Å². The molecule has 0 aliphatic carbocycles. The van der Waals surface area contributed by atoms with Gasteiger partial charge in [-0.15, -0.1) is 0 Å². The van der Waals surface area contributed by atoms with Crippen molar-refractivity contribution in [1.82, 2.24) is 0 Å². The number of aromatic hydroxyl groups is 1. The monoisotopic (exact) mass is 260 g/mol. The molecule has 0 spiro atoms. The quantitative estimate of drug-likeness (QED) is 0.516. The molecule has 0 radical (unpaired) electrons. The number of phenolic OH excluding ortho intramolecular Hbond substituents is 1. The molecule has 0 heterocycles. The largest absolute Gasteiger partial charge is 0.508 e. The fourth-order valence-electron chi connectivity index (χ4n) is 2.24. The van der Waals surface area contributed by atoms with Crippen LogP contribution in [0.5, 0.6) is 5.75 Å². The maximum Gasteiger partial charge on any atom is 0.116 e. The van der Waals surface area contributed by atoms with Crippen molar-refractivity contribution in [2.75, 3.05) is 0 Å². The molecule has 0 aliphatic heterocycles. The predicted octanol–water partition coefficient (Wildman–Crippen LogP) is 5.94. The van der Waals surface area contributed by atoms with Crippen LogP contribution in [-0.4, -0.2) is 5.11 Å². The Morgan fingerprint density at radius 2 is 1.63 bits per heavy atom. The van der Waals surface area contributed by atoms with E-state index in [0.29, 0.717) is 5.75 Å². The van der Waals surface area contributed by atoms with Gasteiger partial charge in [-0.1, -0.05) is 76.2 Å². The smallest absolute Gasteiger partial charge is 0.116 e. The van der Waals surface area contributed by atoms with Gasteiger partial charge in [0.25, 0.3) is 0 Å². The zero-order valence-electron chi connectivity index (χ0n) is 12.3. The van der Waals surface area contributed by atoms with Crippen LogP contribution in [0, 0.1) is 0 Å². The summed E-state index contributed by atoms with van der Waals surface area (Å²) in [5.41, 5.74) is 1.08. The van der Waals surface area contributed by atoms with E-state index >= 15 is 0 Å². The molecule has 0 aromatic heterocycles. The lowest BCUT2D eigenvalue weighted by atomic mass is 10.1. The van der Waals surface area contributed by atoms with Gasteiger partial charge in [-0.3, -0.25) is 0 Å². The highest BCUT2D eigenvalue weighted by Gasteiger charge is 1.91. The standard InChI is InChI=1S/C18H28O/c1-2-3-4-5-6-7-8-9-10-11-13-17-14-12-15-18(19)16-17/h11-16,19H,2-10H2,1H3/b13-11+. The molecule has 1 N–H and O–H groups in total. The first kappa shape index (κ1) is 15.8. The van der Waals surface area contributed by atoms with Crippen LogP contribution in [0.4, 0.5) is 0 Å². The molecule has 1 heteroatoms. The van der Waals surface area contributed by atoms with E-state index in [9.17, 15) is 5.11 Å². The lowest BCUT2D eigenvalue weighted by Gasteiger charge is -2.00. The first-order valence-corrected chi connectivity index (χ1v) is 7.78. The molecule has 0 saturated heterocycles. The van der Waals surface area contributed by atoms with Crippen LogP contribution >= 0.6 is 0 Å². The molecular formula is C18H28O. The van der Waals surface area contributed by atoms with Crippen LogP contribution in [0.1, 0.15) is 70.3 Å². The van der Waals surface area contributed by atoms with Crippen LogP contribution in [0.25, 0.3) is 6.08 Å². The second-order valence-corrected chi connectivity index (χ2v) is 5.26. The lowest BCUT2D eigenvalue weighted by Crippen LogP contribution is -1.80. The highest BCUT2D eigenvalue weighted by Crippen LogP contribution is 2.13. The van der Waals surface area contributed by atoms with Gasteiger partial charge >= 0.3 is 0 Å². The van der Waals surface area contributed by atoms with Crippen molar-refractivity contribution in [3.05, 3.63) is 35.9 Å². The molecule has 1 nitrogen and oxygen atoms in total. The Morgan fingerprint density at radius 1 is 0.947 bits per heavy atom. The van der Waals surface area contributed by atoms with E-state index in [-0.39, 0.29) is 0 Å². The molecule has 0 aliphatic rings. The fraction of sp³-hybridized carbons (Fsp3) is 0.556. The Balaban J connectivity index is 1.99. The Morgan fingerprint density at radius 3 is 2.32 bits per heavy atom. The van der Waals surface area contributed by atoms with E-state index in [1.54, 1.807) is 12.1 Å². The fourth-order valence-corrected chi connectivity index (χ4v) is 2.24. The number of allylic oxidation sites excluding steroid dienone is 1. The van der Waals surface area contributed by atoms with E-state index in [0.717, 1.165) is 12.0 Å². The molecule has 0 amide bonds. The zero-order chi connectivity index (χ0) is 13.8. The predicted molar refractivity (Wildman–Crippen MR) is 84.4 cm³/mol. The van der Waals surface area contributed by atoms with Crippen LogP contribution < -0.4 is 0 Å². The Labute approximate surface area is 118 Å². The average molecular weight is 260 g/mol. The van der Waals surface area contributed by atoms with E-state index in [2.05, 4.69) is 19.1 Å². The van der Waals surface area contributed by atoms with Gasteiger partial charge in [-0.05, 0) is 30.5 Å². The molecular weight excluding hydrogens is 232 g/mol. The van der Waals surface area contributed by atoms with E-state index in [1.807, 2.05) is 12.1 Å². The Kier molecular flexibility index (Phi) is 8.87. The molecule has 106 valence electrons. The Hall–Kier alpha value is -1.24. The maximum atomic E-state index is 9.34. The van der Waals surface area contributed by atoms with Crippen LogP contribution in [-0.2, 0) is 0 Å². The molecule has 0 fully saturated rings. The summed E-state index contributed by atoms with van der Waals surface area (Å²) in [5, 5.41) is 9.34. The second-order valence-electron chi connectivity index (χ2n) is 5.26. The average Bonchev–Trinajstić information content (AvgIpc) is 2.41. The first-order valence-electron chi connectivity index (χ1n) is 7.78. The van der Waals surface area contributed by atoms with Crippen molar-refractivity contribution in [3.63, 3.8) is 0 Å². The maximum absolute atomic E-state index is 9.34. The van der Waals surface area contributed by atoms with E-state index < -0.39 is 0 Å². The molecule has 0 unspecified atom stereocenters.